The molecular formula is C13H12ClNO4S2. The average molecular weight is 346 g/mol. The zero-order valence-electron chi connectivity index (χ0n) is 10.9. The van der Waals surface area contributed by atoms with Crippen molar-refractivity contribution in [2.75, 3.05) is 0 Å². The number of hydrogen-bond acceptors (Lipinski definition) is 4. The number of halogens is 1. The molecule has 0 aliphatic heterocycles. The number of aromatic carboxylic acids is 1. The van der Waals surface area contributed by atoms with E-state index in [1.807, 2.05) is 17.5 Å². The Bertz CT molecular complexity index is 756. The van der Waals surface area contributed by atoms with Gasteiger partial charge in [-0.25, -0.2) is 17.9 Å². The predicted molar refractivity (Wildman–Crippen MR) is 81.5 cm³/mol. The Labute approximate surface area is 131 Å². The maximum absolute atomic E-state index is 12.3. The van der Waals surface area contributed by atoms with Gasteiger partial charge < -0.3 is 5.11 Å². The van der Waals surface area contributed by atoms with Crippen molar-refractivity contribution in [1.29, 1.82) is 0 Å². The van der Waals surface area contributed by atoms with Gasteiger partial charge in [0.05, 0.1) is 21.5 Å². The summed E-state index contributed by atoms with van der Waals surface area (Å²) in [5, 5.41) is 10.6. The van der Waals surface area contributed by atoms with Crippen LogP contribution in [0.25, 0.3) is 0 Å². The molecule has 1 heterocycles. The molecule has 0 radical (unpaired) electrons. The number of carboxylic acids is 1. The molecule has 0 amide bonds. The maximum atomic E-state index is 12.3. The minimum absolute atomic E-state index is 0.0686. The molecule has 0 spiro atoms. The first kappa shape index (κ1) is 16.0. The third kappa shape index (κ3) is 3.62. The fraction of sp³-hybridized carbons (Fsp3) is 0.154. The number of benzene rings is 1. The molecule has 0 bridgehead atoms. The molecule has 5 nitrogen and oxygen atoms in total. The Morgan fingerprint density at radius 2 is 2.10 bits per heavy atom. The first-order chi connectivity index (χ1) is 9.81. The van der Waals surface area contributed by atoms with Gasteiger partial charge in [0, 0.05) is 4.88 Å². The van der Waals surface area contributed by atoms with E-state index in [0.29, 0.717) is 0 Å². The summed E-state index contributed by atoms with van der Waals surface area (Å²) in [5.41, 5.74) is -0.137. The highest BCUT2D eigenvalue weighted by Crippen LogP contribution is 2.24. The molecule has 2 rings (SSSR count). The van der Waals surface area contributed by atoms with E-state index in [9.17, 15) is 13.2 Å². The second-order valence-electron chi connectivity index (χ2n) is 4.31. The molecule has 0 saturated carbocycles. The van der Waals surface area contributed by atoms with E-state index in [1.165, 1.54) is 23.5 Å². The van der Waals surface area contributed by atoms with Gasteiger partial charge in [0.1, 0.15) is 0 Å². The maximum Gasteiger partial charge on any atom is 0.337 e. The van der Waals surface area contributed by atoms with Crippen LogP contribution in [0.4, 0.5) is 0 Å². The van der Waals surface area contributed by atoms with Gasteiger partial charge in [0.2, 0.25) is 10.0 Å². The van der Waals surface area contributed by atoms with Crippen LogP contribution >= 0.6 is 22.9 Å². The quantitative estimate of drug-likeness (QED) is 0.872. The van der Waals surface area contributed by atoms with Crippen LogP contribution in [0.5, 0.6) is 0 Å². The first-order valence-corrected chi connectivity index (χ1v) is 8.64. The number of nitrogens with one attached hydrogen (secondary N) is 1. The van der Waals surface area contributed by atoms with Crippen LogP contribution < -0.4 is 4.72 Å². The molecule has 2 N–H and O–H groups in total. The highest BCUT2D eigenvalue weighted by atomic mass is 35.5. The van der Waals surface area contributed by atoms with Crippen molar-refractivity contribution >= 4 is 38.9 Å². The van der Waals surface area contributed by atoms with E-state index in [2.05, 4.69) is 4.72 Å². The van der Waals surface area contributed by atoms with E-state index >= 15 is 0 Å². The molecule has 1 aromatic heterocycles. The second kappa shape index (κ2) is 6.15. The molecule has 0 unspecified atom stereocenters. The van der Waals surface area contributed by atoms with Gasteiger partial charge in [-0.1, -0.05) is 17.7 Å². The predicted octanol–water partition coefficient (Wildman–Crippen LogP) is 3.14. The number of thiophene rings is 1. The summed E-state index contributed by atoms with van der Waals surface area (Å²) in [6.45, 7) is 1.73. The van der Waals surface area contributed by atoms with Crippen molar-refractivity contribution in [3.05, 3.63) is 51.2 Å². The largest absolute Gasteiger partial charge is 0.478 e. The van der Waals surface area contributed by atoms with Crippen LogP contribution in [0.15, 0.2) is 40.6 Å². The van der Waals surface area contributed by atoms with Crippen LogP contribution in [0.3, 0.4) is 0 Å². The summed E-state index contributed by atoms with van der Waals surface area (Å²) in [5.74, 6) is -1.20. The summed E-state index contributed by atoms with van der Waals surface area (Å²) >= 11 is 7.24. The summed E-state index contributed by atoms with van der Waals surface area (Å²) in [6.07, 6.45) is 0. The lowest BCUT2D eigenvalue weighted by Crippen LogP contribution is -2.26. The third-order valence-corrected chi connectivity index (χ3v) is 5.69. The Hall–Kier alpha value is -1.41. The van der Waals surface area contributed by atoms with E-state index in [0.717, 1.165) is 10.9 Å². The molecule has 0 saturated heterocycles. The fourth-order valence-electron chi connectivity index (χ4n) is 1.73. The standard InChI is InChI=1S/C13H12ClNO4S2/c1-8(12-3-2-6-20-12)15-21(18,19)9-4-5-10(13(16)17)11(14)7-9/h2-8,15H,1H3,(H,16,17)/t8-/m1/s1. The third-order valence-electron chi connectivity index (χ3n) is 2.78. The van der Waals surface area contributed by atoms with Crippen molar-refractivity contribution < 1.29 is 18.3 Å². The van der Waals surface area contributed by atoms with Crippen molar-refractivity contribution in [2.24, 2.45) is 0 Å². The van der Waals surface area contributed by atoms with Crippen LogP contribution in [0.1, 0.15) is 28.2 Å². The van der Waals surface area contributed by atoms with Crippen molar-refractivity contribution in [1.82, 2.24) is 4.72 Å². The van der Waals surface area contributed by atoms with E-state index in [1.54, 1.807) is 6.92 Å². The molecule has 0 fully saturated rings. The lowest BCUT2D eigenvalue weighted by molar-refractivity contribution is 0.0697. The van der Waals surface area contributed by atoms with Crippen LogP contribution in [-0.4, -0.2) is 19.5 Å². The van der Waals surface area contributed by atoms with Gasteiger partial charge in [-0.15, -0.1) is 11.3 Å². The van der Waals surface area contributed by atoms with Crippen molar-refractivity contribution in [3.63, 3.8) is 0 Å². The SMILES string of the molecule is C[C@@H](NS(=O)(=O)c1ccc(C(=O)O)c(Cl)c1)c1cccs1. The summed E-state index contributed by atoms with van der Waals surface area (Å²) in [7, 11) is -3.77. The van der Waals surface area contributed by atoms with Gasteiger partial charge in [-0.2, -0.15) is 0 Å². The van der Waals surface area contributed by atoms with Gasteiger partial charge >= 0.3 is 5.97 Å². The Morgan fingerprint density at radius 3 is 2.62 bits per heavy atom. The lowest BCUT2D eigenvalue weighted by Gasteiger charge is -2.13. The molecule has 8 heteroatoms. The summed E-state index contributed by atoms with van der Waals surface area (Å²) < 4.78 is 27.0. The van der Waals surface area contributed by atoms with Crippen molar-refractivity contribution in [2.45, 2.75) is 17.9 Å². The fourth-order valence-corrected chi connectivity index (χ4v) is 4.12. The van der Waals surface area contributed by atoms with Gasteiger partial charge in [-0.05, 0) is 36.6 Å². The molecular weight excluding hydrogens is 334 g/mol. The monoisotopic (exact) mass is 345 g/mol. The molecule has 0 aliphatic rings. The highest BCUT2D eigenvalue weighted by Gasteiger charge is 2.21. The second-order valence-corrected chi connectivity index (χ2v) is 7.41. The van der Waals surface area contributed by atoms with Crippen LogP contribution in [0.2, 0.25) is 5.02 Å². The number of carboxylic acid groups (broad SMARTS) is 1. The Balaban J connectivity index is 2.28. The van der Waals surface area contributed by atoms with Crippen molar-refractivity contribution in [3.8, 4) is 0 Å². The Morgan fingerprint density at radius 1 is 1.38 bits per heavy atom. The average Bonchev–Trinajstić information content (AvgIpc) is 2.91. The highest BCUT2D eigenvalue weighted by molar-refractivity contribution is 7.89. The molecule has 21 heavy (non-hydrogen) atoms. The number of rotatable bonds is 5. The summed E-state index contributed by atoms with van der Waals surface area (Å²) in [6, 6.07) is 6.82. The molecule has 0 aliphatic carbocycles. The molecule has 1 atom stereocenters. The van der Waals surface area contributed by atoms with Gasteiger partial charge in [0.15, 0.2) is 0 Å². The van der Waals surface area contributed by atoms with Crippen LogP contribution in [0, 0.1) is 0 Å². The van der Waals surface area contributed by atoms with E-state index < -0.39 is 16.0 Å². The zero-order chi connectivity index (χ0) is 15.6. The lowest BCUT2D eigenvalue weighted by atomic mass is 10.2. The van der Waals surface area contributed by atoms with Gasteiger partial charge in [0.25, 0.3) is 0 Å². The number of sulfonamides is 1. The molecule has 112 valence electrons. The molecule has 2 aromatic rings. The summed E-state index contributed by atoms with van der Waals surface area (Å²) in [4.78, 5) is 11.7. The van der Waals surface area contributed by atoms with E-state index in [-0.39, 0.29) is 21.5 Å². The van der Waals surface area contributed by atoms with E-state index in [4.69, 9.17) is 16.7 Å². The van der Waals surface area contributed by atoms with Gasteiger partial charge in [-0.3, -0.25) is 0 Å². The molecule has 1 aromatic carbocycles. The zero-order valence-corrected chi connectivity index (χ0v) is 13.3. The first-order valence-electron chi connectivity index (χ1n) is 5.90. The van der Waals surface area contributed by atoms with Crippen LogP contribution in [-0.2, 0) is 10.0 Å². The normalized spacial score (nSPS) is 13.0. The minimum Gasteiger partial charge on any atom is -0.478 e. The topological polar surface area (TPSA) is 83.5 Å². The smallest absolute Gasteiger partial charge is 0.337 e. The number of carbonyl (C=O) groups is 1. The minimum atomic E-state index is -3.77. The number of hydrogen-bond donors (Lipinski definition) is 2. The Kier molecular flexibility index (Phi) is 4.67.